The summed E-state index contributed by atoms with van der Waals surface area (Å²) < 4.78 is 14.0. The average Bonchev–Trinajstić information content (AvgIpc) is 2.26. The molecule has 1 N–H and O–H groups in total. The minimum atomic E-state index is -0.183. The second-order valence-electron chi connectivity index (χ2n) is 4.00. The maximum absolute atomic E-state index is 13.2. The first kappa shape index (κ1) is 14.6. The minimum Gasteiger partial charge on any atom is -0.316 e. The Morgan fingerprint density at radius 1 is 1.29 bits per heavy atom. The molecule has 1 aromatic rings. The van der Waals surface area contributed by atoms with Crippen molar-refractivity contribution in [1.29, 1.82) is 0 Å². The Balaban J connectivity index is 2.54. The lowest BCUT2D eigenvalue weighted by atomic mass is 10.2. The predicted octanol–water partition coefficient (Wildman–Crippen LogP) is 3.02. The molecule has 0 aliphatic heterocycles. The Labute approximate surface area is 111 Å². The van der Waals surface area contributed by atoms with Crippen molar-refractivity contribution < 1.29 is 4.39 Å². The molecule has 0 fully saturated rings. The zero-order valence-corrected chi connectivity index (χ0v) is 12.1. The molecular formula is C13H20BrFN2. The van der Waals surface area contributed by atoms with E-state index in [1.54, 1.807) is 6.07 Å². The predicted molar refractivity (Wildman–Crippen MR) is 73.6 cm³/mol. The molecule has 0 amide bonds. The second-order valence-corrected chi connectivity index (χ2v) is 4.92. The van der Waals surface area contributed by atoms with Gasteiger partial charge in [-0.15, -0.1) is 0 Å². The molecule has 0 saturated heterocycles. The van der Waals surface area contributed by atoms with Crippen molar-refractivity contribution in [2.24, 2.45) is 0 Å². The van der Waals surface area contributed by atoms with E-state index in [0.717, 1.165) is 42.8 Å². The monoisotopic (exact) mass is 302 g/mol. The van der Waals surface area contributed by atoms with E-state index in [2.05, 4.69) is 40.0 Å². The fourth-order valence-corrected chi connectivity index (χ4v) is 2.24. The van der Waals surface area contributed by atoms with Gasteiger partial charge in [-0.1, -0.05) is 29.8 Å². The molecule has 0 bridgehead atoms. The van der Waals surface area contributed by atoms with Crippen LogP contribution in [0.3, 0.4) is 0 Å². The quantitative estimate of drug-likeness (QED) is 0.779. The highest BCUT2D eigenvalue weighted by Crippen LogP contribution is 2.16. The van der Waals surface area contributed by atoms with Crippen LogP contribution in [-0.2, 0) is 6.54 Å². The van der Waals surface area contributed by atoms with Gasteiger partial charge in [0.1, 0.15) is 5.82 Å². The topological polar surface area (TPSA) is 15.3 Å². The van der Waals surface area contributed by atoms with Crippen molar-refractivity contribution in [3.8, 4) is 0 Å². The van der Waals surface area contributed by atoms with Crippen LogP contribution in [0.2, 0.25) is 0 Å². The molecule has 0 atom stereocenters. The second kappa shape index (κ2) is 7.80. The van der Waals surface area contributed by atoms with E-state index in [0.29, 0.717) is 0 Å². The summed E-state index contributed by atoms with van der Waals surface area (Å²) in [6, 6.07) is 5.05. The molecule has 0 radical (unpaired) electrons. The van der Waals surface area contributed by atoms with Gasteiger partial charge in [0.25, 0.3) is 0 Å². The number of nitrogens with one attached hydrogen (secondary N) is 1. The molecule has 17 heavy (non-hydrogen) atoms. The lowest BCUT2D eigenvalue weighted by molar-refractivity contribution is 0.279. The standard InChI is InChI=1S/C13H20BrFN2/c1-3-16-5-6-17(4-2)10-11-7-12(14)9-13(15)8-11/h7-9,16H,3-6,10H2,1-2H3. The number of halogens is 2. The zero-order valence-electron chi connectivity index (χ0n) is 10.5. The lowest BCUT2D eigenvalue weighted by Gasteiger charge is -2.20. The third-order valence-corrected chi connectivity index (χ3v) is 3.09. The third kappa shape index (κ3) is 5.61. The summed E-state index contributed by atoms with van der Waals surface area (Å²) in [5.74, 6) is -0.183. The number of likely N-dealkylation sites (N-methyl/N-ethyl adjacent to an activating group) is 2. The van der Waals surface area contributed by atoms with Gasteiger partial charge in [-0.3, -0.25) is 4.90 Å². The summed E-state index contributed by atoms with van der Waals surface area (Å²) in [7, 11) is 0. The van der Waals surface area contributed by atoms with Gasteiger partial charge in [0, 0.05) is 24.1 Å². The van der Waals surface area contributed by atoms with Crippen molar-refractivity contribution >= 4 is 15.9 Å². The SMILES string of the molecule is CCNCCN(CC)Cc1cc(F)cc(Br)c1. The Kier molecular flexibility index (Phi) is 6.70. The average molecular weight is 303 g/mol. The fraction of sp³-hybridized carbons (Fsp3) is 0.538. The highest BCUT2D eigenvalue weighted by molar-refractivity contribution is 9.10. The fourth-order valence-electron chi connectivity index (χ4n) is 1.72. The first-order valence-corrected chi connectivity index (χ1v) is 6.83. The molecular weight excluding hydrogens is 283 g/mol. The Bertz CT molecular complexity index is 324. The van der Waals surface area contributed by atoms with E-state index >= 15 is 0 Å². The summed E-state index contributed by atoms with van der Waals surface area (Å²) in [6.07, 6.45) is 0. The van der Waals surface area contributed by atoms with Crippen LogP contribution in [0.15, 0.2) is 22.7 Å². The summed E-state index contributed by atoms with van der Waals surface area (Å²) in [6.45, 7) is 8.93. The summed E-state index contributed by atoms with van der Waals surface area (Å²) in [5, 5.41) is 3.30. The zero-order chi connectivity index (χ0) is 12.7. The van der Waals surface area contributed by atoms with Crippen LogP contribution in [0.25, 0.3) is 0 Å². The van der Waals surface area contributed by atoms with Crippen LogP contribution in [0, 0.1) is 5.82 Å². The molecule has 0 unspecified atom stereocenters. The largest absolute Gasteiger partial charge is 0.316 e. The lowest BCUT2D eigenvalue weighted by Crippen LogP contribution is -2.31. The maximum Gasteiger partial charge on any atom is 0.124 e. The molecule has 0 aromatic heterocycles. The van der Waals surface area contributed by atoms with Gasteiger partial charge in [-0.2, -0.15) is 0 Å². The van der Waals surface area contributed by atoms with Gasteiger partial charge >= 0.3 is 0 Å². The first-order chi connectivity index (χ1) is 8.15. The molecule has 0 heterocycles. The van der Waals surface area contributed by atoms with Crippen molar-refractivity contribution in [2.75, 3.05) is 26.2 Å². The molecule has 0 aliphatic rings. The number of hydrogen-bond donors (Lipinski definition) is 1. The van der Waals surface area contributed by atoms with Gasteiger partial charge < -0.3 is 5.32 Å². The highest BCUT2D eigenvalue weighted by Gasteiger charge is 2.05. The Morgan fingerprint density at radius 2 is 2.06 bits per heavy atom. The van der Waals surface area contributed by atoms with E-state index in [9.17, 15) is 4.39 Å². The summed E-state index contributed by atoms with van der Waals surface area (Å²) in [4.78, 5) is 2.30. The van der Waals surface area contributed by atoms with Gasteiger partial charge in [0.15, 0.2) is 0 Å². The van der Waals surface area contributed by atoms with Crippen molar-refractivity contribution in [2.45, 2.75) is 20.4 Å². The molecule has 96 valence electrons. The number of nitrogens with zero attached hydrogens (tertiary/aromatic N) is 1. The number of rotatable bonds is 7. The molecule has 0 aliphatic carbocycles. The molecule has 1 aromatic carbocycles. The number of hydrogen-bond acceptors (Lipinski definition) is 2. The minimum absolute atomic E-state index is 0.183. The molecule has 2 nitrogen and oxygen atoms in total. The summed E-state index contributed by atoms with van der Waals surface area (Å²) >= 11 is 3.32. The normalized spacial score (nSPS) is 11.1. The molecule has 0 saturated carbocycles. The van der Waals surface area contributed by atoms with Gasteiger partial charge in [0.05, 0.1) is 0 Å². The smallest absolute Gasteiger partial charge is 0.124 e. The van der Waals surface area contributed by atoms with Crippen LogP contribution in [-0.4, -0.2) is 31.1 Å². The Morgan fingerprint density at radius 3 is 2.65 bits per heavy atom. The van der Waals surface area contributed by atoms with Crippen LogP contribution in [0.4, 0.5) is 4.39 Å². The van der Waals surface area contributed by atoms with Crippen molar-refractivity contribution in [3.63, 3.8) is 0 Å². The third-order valence-electron chi connectivity index (χ3n) is 2.63. The molecule has 4 heteroatoms. The first-order valence-electron chi connectivity index (χ1n) is 6.03. The summed E-state index contributed by atoms with van der Waals surface area (Å²) in [5.41, 5.74) is 1.01. The van der Waals surface area contributed by atoms with E-state index in [1.807, 2.05) is 6.07 Å². The van der Waals surface area contributed by atoms with Gasteiger partial charge in [-0.25, -0.2) is 4.39 Å². The van der Waals surface area contributed by atoms with E-state index in [-0.39, 0.29) is 5.82 Å². The maximum atomic E-state index is 13.2. The van der Waals surface area contributed by atoms with Crippen molar-refractivity contribution in [3.05, 3.63) is 34.1 Å². The molecule has 1 rings (SSSR count). The van der Waals surface area contributed by atoms with Crippen LogP contribution < -0.4 is 5.32 Å². The highest BCUT2D eigenvalue weighted by atomic mass is 79.9. The van der Waals surface area contributed by atoms with Crippen LogP contribution in [0.1, 0.15) is 19.4 Å². The number of benzene rings is 1. The van der Waals surface area contributed by atoms with E-state index in [1.165, 1.54) is 6.07 Å². The Hall–Kier alpha value is -0.450. The van der Waals surface area contributed by atoms with Crippen molar-refractivity contribution in [1.82, 2.24) is 10.2 Å². The molecule has 0 spiro atoms. The van der Waals surface area contributed by atoms with Crippen LogP contribution in [0.5, 0.6) is 0 Å². The van der Waals surface area contributed by atoms with Gasteiger partial charge in [-0.05, 0) is 36.9 Å². The van der Waals surface area contributed by atoms with E-state index < -0.39 is 0 Å². The van der Waals surface area contributed by atoms with Gasteiger partial charge in [0.2, 0.25) is 0 Å². The van der Waals surface area contributed by atoms with E-state index in [4.69, 9.17) is 0 Å². The van der Waals surface area contributed by atoms with Crippen LogP contribution >= 0.6 is 15.9 Å².